The highest BCUT2D eigenvalue weighted by atomic mass is 35.5. The van der Waals surface area contributed by atoms with Crippen LogP contribution in [0.1, 0.15) is 17.0 Å². The first-order valence-corrected chi connectivity index (χ1v) is 10.2. The van der Waals surface area contributed by atoms with E-state index in [2.05, 4.69) is 4.98 Å². The monoisotopic (exact) mass is 460 g/mol. The number of hydrogen-bond donors (Lipinski definition) is 1. The molecule has 32 heavy (non-hydrogen) atoms. The zero-order valence-electron chi connectivity index (χ0n) is 17.1. The van der Waals surface area contributed by atoms with E-state index < -0.39 is 18.2 Å². The van der Waals surface area contributed by atoms with Gasteiger partial charge in [0, 0.05) is 29.6 Å². The third kappa shape index (κ3) is 4.11. The van der Waals surface area contributed by atoms with Gasteiger partial charge in [0.05, 0.1) is 16.9 Å². The number of alkyl halides is 3. The lowest BCUT2D eigenvalue weighted by Gasteiger charge is -2.27. The van der Waals surface area contributed by atoms with Crippen molar-refractivity contribution in [2.24, 2.45) is 0 Å². The molecule has 4 nitrogen and oxygen atoms in total. The van der Waals surface area contributed by atoms with Crippen LogP contribution in [-0.2, 0) is 11.5 Å². The Balaban J connectivity index is 2.13. The van der Waals surface area contributed by atoms with Gasteiger partial charge in [-0.15, -0.1) is 0 Å². The third-order valence-corrected chi connectivity index (χ3v) is 5.59. The van der Waals surface area contributed by atoms with Crippen molar-refractivity contribution in [1.29, 1.82) is 0 Å². The summed E-state index contributed by atoms with van der Waals surface area (Å²) in [6.45, 7) is 0.0619. The number of aliphatic hydroxyl groups excluding tert-OH is 1. The molecule has 1 N–H and O–H groups in total. The van der Waals surface area contributed by atoms with Gasteiger partial charge in [-0.1, -0.05) is 54.1 Å². The van der Waals surface area contributed by atoms with Crippen molar-refractivity contribution in [3.63, 3.8) is 0 Å². The Morgan fingerprint density at radius 2 is 1.78 bits per heavy atom. The van der Waals surface area contributed by atoms with Crippen LogP contribution < -0.4 is 0 Å². The Morgan fingerprint density at radius 3 is 2.41 bits per heavy atom. The van der Waals surface area contributed by atoms with Gasteiger partial charge in [-0.25, -0.2) is 0 Å². The van der Waals surface area contributed by atoms with Crippen molar-refractivity contribution >= 4 is 22.5 Å². The number of methoxy groups -OCH3 is 1. The van der Waals surface area contributed by atoms with Crippen LogP contribution in [0.4, 0.5) is 13.2 Å². The second kappa shape index (κ2) is 8.94. The average molecular weight is 461 g/mol. The van der Waals surface area contributed by atoms with Crippen LogP contribution in [0.3, 0.4) is 0 Å². The zero-order chi connectivity index (χ0) is 22.9. The molecule has 2 heterocycles. The molecule has 0 aliphatic carbocycles. The molecule has 0 amide bonds. The number of aliphatic hydroxyl groups is 1. The molecule has 0 aliphatic rings. The summed E-state index contributed by atoms with van der Waals surface area (Å²) in [7, 11) is 1.50. The van der Waals surface area contributed by atoms with Gasteiger partial charge in [-0.2, -0.15) is 13.2 Å². The summed E-state index contributed by atoms with van der Waals surface area (Å²) >= 11 is 6.23. The second-order valence-corrected chi connectivity index (χ2v) is 7.80. The van der Waals surface area contributed by atoms with Gasteiger partial charge in [-0.05, 0) is 35.4 Å². The standard InChI is InChI=1S/C24H20ClF3N2O2/c1-32-14-30-19-13-16(25)10-11-17(19)21(22(30)18-9-5-6-12-29-18)20(23(31)24(26,27)28)15-7-3-2-4-8-15/h2-13,20,23,31H,14H2,1H3. The number of halogens is 4. The van der Waals surface area contributed by atoms with E-state index in [9.17, 15) is 18.3 Å². The molecule has 2 unspecified atom stereocenters. The maximum Gasteiger partial charge on any atom is 0.415 e. The average Bonchev–Trinajstić information content (AvgIpc) is 3.08. The molecule has 4 aromatic rings. The van der Waals surface area contributed by atoms with Gasteiger partial charge < -0.3 is 14.4 Å². The summed E-state index contributed by atoms with van der Waals surface area (Å²) in [5.74, 6) is -1.39. The topological polar surface area (TPSA) is 47.3 Å². The van der Waals surface area contributed by atoms with E-state index >= 15 is 0 Å². The number of rotatable bonds is 6. The maximum atomic E-state index is 13.9. The van der Waals surface area contributed by atoms with Crippen LogP contribution in [0, 0.1) is 0 Å². The van der Waals surface area contributed by atoms with E-state index in [-0.39, 0.29) is 6.73 Å². The van der Waals surface area contributed by atoms with Gasteiger partial charge in [-0.3, -0.25) is 4.98 Å². The minimum Gasteiger partial charge on any atom is -0.383 e. The van der Waals surface area contributed by atoms with Crippen molar-refractivity contribution in [2.45, 2.75) is 24.9 Å². The minimum absolute atomic E-state index is 0.0619. The number of fused-ring (bicyclic) bond motifs is 1. The number of aromatic nitrogens is 2. The summed E-state index contributed by atoms with van der Waals surface area (Å²) in [5, 5.41) is 11.5. The van der Waals surface area contributed by atoms with Crippen molar-refractivity contribution in [3.05, 3.63) is 89.1 Å². The van der Waals surface area contributed by atoms with Crippen molar-refractivity contribution in [1.82, 2.24) is 9.55 Å². The van der Waals surface area contributed by atoms with Crippen molar-refractivity contribution in [3.8, 4) is 11.4 Å². The largest absolute Gasteiger partial charge is 0.415 e. The fraction of sp³-hybridized carbons (Fsp3) is 0.208. The molecule has 0 aliphatic heterocycles. The Labute approximate surface area is 187 Å². The Hall–Kier alpha value is -2.87. The molecule has 0 radical (unpaired) electrons. The van der Waals surface area contributed by atoms with E-state index in [1.54, 1.807) is 77.5 Å². The van der Waals surface area contributed by atoms with Crippen LogP contribution in [0.2, 0.25) is 5.02 Å². The van der Waals surface area contributed by atoms with E-state index in [0.717, 1.165) is 0 Å². The van der Waals surface area contributed by atoms with Gasteiger partial charge in [0.25, 0.3) is 0 Å². The Morgan fingerprint density at radius 1 is 1.06 bits per heavy atom. The molecule has 0 saturated heterocycles. The highest BCUT2D eigenvalue weighted by molar-refractivity contribution is 6.31. The molecule has 2 atom stereocenters. The summed E-state index contributed by atoms with van der Waals surface area (Å²) in [5.41, 5.74) is 2.12. The number of pyridine rings is 1. The Bertz CT molecular complexity index is 1210. The predicted octanol–water partition coefficient (Wildman–Crippen LogP) is 6.02. The number of hydrogen-bond acceptors (Lipinski definition) is 3. The van der Waals surface area contributed by atoms with Crippen LogP contribution in [0.25, 0.3) is 22.3 Å². The molecule has 166 valence electrons. The van der Waals surface area contributed by atoms with Crippen molar-refractivity contribution in [2.75, 3.05) is 7.11 Å². The molecule has 8 heteroatoms. The quantitative estimate of drug-likeness (QED) is 0.383. The first-order chi connectivity index (χ1) is 15.3. The lowest BCUT2D eigenvalue weighted by molar-refractivity contribution is -0.207. The molecule has 0 fully saturated rings. The van der Waals surface area contributed by atoms with Crippen LogP contribution in [0.5, 0.6) is 0 Å². The third-order valence-electron chi connectivity index (χ3n) is 5.35. The zero-order valence-corrected chi connectivity index (χ0v) is 17.8. The second-order valence-electron chi connectivity index (χ2n) is 7.36. The molecule has 2 aromatic carbocycles. The first-order valence-electron chi connectivity index (χ1n) is 9.84. The minimum atomic E-state index is -4.84. The first kappa shape index (κ1) is 22.3. The van der Waals surface area contributed by atoms with E-state index in [0.29, 0.717) is 38.4 Å². The summed E-state index contributed by atoms with van der Waals surface area (Å²) < 4.78 is 48.8. The van der Waals surface area contributed by atoms with Crippen LogP contribution in [-0.4, -0.2) is 34.0 Å². The maximum absolute atomic E-state index is 13.9. The molecule has 4 rings (SSSR count). The fourth-order valence-electron chi connectivity index (χ4n) is 4.06. The summed E-state index contributed by atoms with van der Waals surface area (Å²) in [4.78, 5) is 4.40. The predicted molar refractivity (Wildman–Crippen MR) is 118 cm³/mol. The SMILES string of the molecule is COCn1c(-c2ccccn2)c(C(c2ccccc2)C(O)C(F)(F)F)c2ccc(Cl)cc21. The molecule has 2 aromatic heterocycles. The van der Waals surface area contributed by atoms with Gasteiger partial charge in [0.15, 0.2) is 6.10 Å². The lowest BCUT2D eigenvalue weighted by atomic mass is 9.84. The molecular weight excluding hydrogens is 441 g/mol. The highest BCUT2D eigenvalue weighted by Gasteiger charge is 2.46. The smallest absolute Gasteiger partial charge is 0.383 e. The van der Waals surface area contributed by atoms with Gasteiger partial charge in [0.2, 0.25) is 0 Å². The lowest BCUT2D eigenvalue weighted by Crippen LogP contribution is -2.35. The van der Waals surface area contributed by atoms with Gasteiger partial charge in [0.1, 0.15) is 6.73 Å². The number of benzene rings is 2. The molecular formula is C24H20ClF3N2O2. The summed E-state index contributed by atoms with van der Waals surface area (Å²) in [6.07, 6.45) is -5.91. The molecule has 0 saturated carbocycles. The highest BCUT2D eigenvalue weighted by Crippen LogP contribution is 2.45. The normalized spacial score (nSPS) is 13.9. The van der Waals surface area contributed by atoms with Crippen molar-refractivity contribution < 1.29 is 23.0 Å². The van der Waals surface area contributed by atoms with E-state index in [1.807, 2.05) is 0 Å². The summed E-state index contributed by atoms with van der Waals surface area (Å²) in [6, 6.07) is 18.3. The van der Waals surface area contributed by atoms with Crippen LogP contribution >= 0.6 is 11.6 Å². The number of nitrogens with zero attached hydrogens (tertiary/aromatic N) is 2. The molecule has 0 spiro atoms. The van der Waals surface area contributed by atoms with Gasteiger partial charge >= 0.3 is 6.18 Å². The Kier molecular flexibility index (Phi) is 6.24. The van der Waals surface area contributed by atoms with E-state index in [4.69, 9.17) is 16.3 Å². The fourth-order valence-corrected chi connectivity index (χ4v) is 4.23. The van der Waals surface area contributed by atoms with E-state index in [1.165, 1.54) is 7.11 Å². The van der Waals surface area contributed by atoms with Crippen LogP contribution in [0.15, 0.2) is 72.9 Å². The molecule has 0 bridgehead atoms. The number of ether oxygens (including phenoxy) is 1.